The van der Waals surface area contributed by atoms with Crippen LogP contribution in [0, 0.1) is 11.7 Å². The molecule has 1 saturated carbocycles. The minimum atomic E-state index is -4.96. The lowest BCUT2D eigenvalue weighted by molar-refractivity contribution is -0.143. The molecule has 2 fully saturated rings. The van der Waals surface area contributed by atoms with Crippen molar-refractivity contribution in [1.82, 2.24) is 5.32 Å². The Bertz CT molecular complexity index is 1080. The van der Waals surface area contributed by atoms with E-state index in [1.165, 1.54) is 19.1 Å². The summed E-state index contributed by atoms with van der Waals surface area (Å²) in [6.07, 6.45) is -9.52. The monoisotopic (exact) mass is 517 g/mol. The molecule has 0 radical (unpaired) electrons. The maximum absolute atomic E-state index is 13.6. The molecule has 1 heterocycles. The number of nitrogens with one attached hydrogen (secondary N) is 1. The van der Waals surface area contributed by atoms with Gasteiger partial charge in [0.2, 0.25) is 5.91 Å². The first-order valence-electron chi connectivity index (χ1n) is 11.7. The number of carbonyl (C=O) groups excluding carboxylic acids is 1. The van der Waals surface area contributed by atoms with Crippen molar-refractivity contribution in [2.75, 3.05) is 0 Å². The highest BCUT2D eigenvalue weighted by atomic mass is 19.4. The van der Waals surface area contributed by atoms with Crippen LogP contribution >= 0.6 is 0 Å². The quantitative estimate of drug-likeness (QED) is 0.427. The van der Waals surface area contributed by atoms with E-state index in [4.69, 9.17) is 4.74 Å². The van der Waals surface area contributed by atoms with Gasteiger partial charge in [0.25, 0.3) is 0 Å². The van der Waals surface area contributed by atoms with E-state index in [1.54, 1.807) is 12.1 Å². The van der Waals surface area contributed by atoms with Gasteiger partial charge in [0.1, 0.15) is 5.82 Å². The normalized spacial score (nSPS) is 27.8. The van der Waals surface area contributed by atoms with Crippen LogP contribution in [0.2, 0.25) is 0 Å². The van der Waals surface area contributed by atoms with Gasteiger partial charge in [-0.15, -0.1) is 0 Å². The predicted octanol–water partition coefficient (Wildman–Crippen LogP) is 7.17. The van der Waals surface area contributed by atoms with Crippen LogP contribution in [0.4, 0.5) is 30.7 Å². The van der Waals surface area contributed by atoms with Gasteiger partial charge >= 0.3 is 12.4 Å². The molecule has 3 nitrogen and oxygen atoms in total. The molecule has 0 spiro atoms. The van der Waals surface area contributed by atoms with E-state index >= 15 is 0 Å². The number of carbonyl (C=O) groups is 1. The van der Waals surface area contributed by atoms with E-state index in [2.05, 4.69) is 5.32 Å². The van der Waals surface area contributed by atoms with Crippen LogP contribution in [0.15, 0.2) is 42.5 Å². The molecule has 5 atom stereocenters. The van der Waals surface area contributed by atoms with Crippen LogP contribution in [-0.2, 0) is 21.9 Å². The first-order chi connectivity index (χ1) is 16.7. The van der Waals surface area contributed by atoms with Crippen LogP contribution in [0.5, 0.6) is 0 Å². The molecule has 0 bridgehead atoms. The molecule has 1 saturated heterocycles. The molecule has 2 aromatic carbocycles. The molecule has 1 aliphatic carbocycles. The van der Waals surface area contributed by atoms with Gasteiger partial charge in [0, 0.05) is 17.9 Å². The highest BCUT2D eigenvalue weighted by Crippen LogP contribution is 2.50. The summed E-state index contributed by atoms with van der Waals surface area (Å²) in [5, 5.41) is 3.02. The summed E-state index contributed by atoms with van der Waals surface area (Å²) in [6, 6.07) is 7.24. The van der Waals surface area contributed by atoms with Gasteiger partial charge in [-0.05, 0) is 80.5 Å². The standard InChI is InChI=1S/C26H26F7NO2/c1-14(16-11-17(25(28,29)30)13-18(12-16)26(31,32)33)36-21-8-7-20(24(2)10-9-22(35)34-24)23(21)15-3-5-19(27)6-4-15/h3-6,11-14,20-21,23H,7-10H2,1-2H3,(H,34,35)/t14-,20-,21+,23+,24+/m1/s1. The second kappa shape index (κ2) is 9.36. The van der Waals surface area contributed by atoms with E-state index in [9.17, 15) is 35.5 Å². The SMILES string of the molecule is C[C@@H](O[C@H]1CC[C@@H]([C@]2(C)CCC(=O)N2)[C@@H]1c1ccc(F)cc1)c1cc(C(F)(F)F)cc(C(F)(F)F)c1. The van der Waals surface area contributed by atoms with Crippen molar-refractivity contribution < 1.29 is 40.3 Å². The first kappa shape index (κ1) is 26.4. The lowest BCUT2D eigenvalue weighted by Crippen LogP contribution is -2.47. The molecule has 0 unspecified atom stereocenters. The average Bonchev–Trinajstić information content (AvgIpc) is 3.36. The zero-order valence-electron chi connectivity index (χ0n) is 19.6. The largest absolute Gasteiger partial charge is 0.416 e. The van der Waals surface area contributed by atoms with Gasteiger partial charge in [-0.2, -0.15) is 26.3 Å². The summed E-state index contributed by atoms with van der Waals surface area (Å²) >= 11 is 0. The molecule has 1 amide bonds. The molecule has 0 aromatic heterocycles. The Morgan fingerprint density at radius 1 is 0.972 bits per heavy atom. The number of ether oxygens (including phenoxy) is 1. The van der Waals surface area contributed by atoms with Crippen LogP contribution in [0.3, 0.4) is 0 Å². The third-order valence-electron chi connectivity index (χ3n) is 7.42. The Hall–Kier alpha value is -2.62. The minimum absolute atomic E-state index is 0.0864. The number of hydrogen-bond donors (Lipinski definition) is 1. The minimum Gasteiger partial charge on any atom is -0.370 e. The van der Waals surface area contributed by atoms with Crippen molar-refractivity contribution in [3.63, 3.8) is 0 Å². The summed E-state index contributed by atoms with van der Waals surface area (Å²) in [7, 11) is 0. The molecule has 2 aliphatic rings. The van der Waals surface area contributed by atoms with Gasteiger partial charge in [0.15, 0.2) is 0 Å². The second-order valence-electron chi connectivity index (χ2n) is 9.88. The molecule has 36 heavy (non-hydrogen) atoms. The zero-order chi connectivity index (χ0) is 26.5. The average molecular weight is 517 g/mol. The Balaban J connectivity index is 1.67. The number of halogens is 7. The number of benzene rings is 2. The van der Waals surface area contributed by atoms with E-state index in [0.717, 1.165) is 5.56 Å². The van der Waals surface area contributed by atoms with Crippen molar-refractivity contribution >= 4 is 5.91 Å². The fraction of sp³-hybridized carbons (Fsp3) is 0.500. The van der Waals surface area contributed by atoms with Crippen LogP contribution < -0.4 is 5.32 Å². The summed E-state index contributed by atoms with van der Waals surface area (Å²) in [6.45, 7) is 3.34. The van der Waals surface area contributed by atoms with Gasteiger partial charge in [-0.25, -0.2) is 4.39 Å². The van der Waals surface area contributed by atoms with Crippen molar-refractivity contribution in [2.45, 2.75) is 75.5 Å². The van der Waals surface area contributed by atoms with Gasteiger partial charge in [-0.1, -0.05) is 12.1 Å². The Morgan fingerprint density at radius 3 is 2.06 bits per heavy atom. The lowest BCUT2D eigenvalue weighted by Gasteiger charge is -2.37. The summed E-state index contributed by atoms with van der Waals surface area (Å²) in [4.78, 5) is 12.0. The Morgan fingerprint density at radius 2 is 1.56 bits per heavy atom. The third kappa shape index (κ3) is 5.38. The molecule has 196 valence electrons. The van der Waals surface area contributed by atoms with E-state index in [1.807, 2.05) is 6.92 Å². The maximum Gasteiger partial charge on any atom is 0.416 e. The number of amides is 1. The number of hydrogen-bond acceptors (Lipinski definition) is 2. The van der Waals surface area contributed by atoms with E-state index < -0.39 is 47.0 Å². The second-order valence-corrected chi connectivity index (χ2v) is 9.88. The molecule has 10 heteroatoms. The number of rotatable bonds is 5. The summed E-state index contributed by atoms with van der Waals surface area (Å²) in [5.41, 5.74) is -2.86. The van der Waals surface area contributed by atoms with Crippen molar-refractivity contribution in [2.24, 2.45) is 5.92 Å². The van der Waals surface area contributed by atoms with E-state index in [0.29, 0.717) is 37.8 Å². The molecular formula is C26H26F7NO2. The lowest BCUT2D eigenvalue weighted by atomic mass is 9.74. The maximum atomic E-state index is 13.6. The molecule has 1 aliphatic heterocycles. The van der Waals surface area contributed by atoms with Crippen molar-refractivity contribution in [3.05, 3.63) is 70.5 Å². The summed E-state index contributed by atoms with van der Waals surface area (Å²) in [5.74, 6) is -0.983. The predicted molar refractivity (Wildman–Crippen MR) is 117 cm³/mol. The van der Waals surface area contributed by atoms with E-state index in [-0.39, 0.29) is 29.4 Å². The fourth-order valence-electron chi connectivity index (χ4n) is 5.61. The summed E-state index contributed by atoms with van der Waals surface area (Å²) < 4.78 is 99.8. The van der Waals surface area contributed by atoms with Crippen LogP contribution in [0.1, 0.15) is 73.8 Å². The topological polar surface area (TPSA) is 38.3 Å². The van der Waals surface area contributed by atoms with Gasteiger partial charge < -0.3 is 10.1 Å². The fourth-order valence-corrected chi connectivity index (χ4v) is 5.61. The van der Waals surface area contributed by atoms with Crippen molar-refractivity contribution in [3.8, 4) is 0 Å². The third-order valence-corrected chi connectivity index (χ3v) is 7.42. The van der Waals surface area contributed by atoms with Crippen LogP contribution in [0.25, 0.3) is 0 Å². The highest BCUT2D eigenvalue weighted by Gasteiger charge is 2.50. The smallest absolute Gasteiger partial charge is 0.370 e. The molecule has 4 rings (SSSR count). The van der Waals surface area contributed by atoms with Gasteiger partial charge in [-0.3, -0.25) is 4.79 Å². The van der Waals surface area contributed by atoms with Gasteiger partial charge in [0.05, 0.1) is 23.3 Å². The first-order valence-corrected chi connectivity index (χ1v) is 11.7. The molecule has 1 N–H and O–H groups in total. The van der Waals surface area contributed by atoms with Crippen LogP contribution in [-0.4, -0.2) is 17.6 Å². The molecule has 2 aromatic rings. The van der Waals surface area contributed by atoms with Crippen molar-refractivity contribution in [1.29, 1.82) is 0 Å². The zero-order valence-corrected chi connectivity index (χ0v) is 19.6. The Kier molecular flexibility index (Phi) is 6.87. The highest BCUT2D eigenvalue weighted by molar-refractivity contribution is 5.79. The number of alkyl halides is 6. The molecular weight excluding hydrogens is 491 g/mol. The Labute approximate surface area is 204 Å².